The molecule has 0 amide bonds. The summed E-state index contributed by atoms with van der Waals surface area (Å²) < 4.78 is 80.3. The summed E-state index contributed by atoms with van der Waals surface area (Å²) in [5, 5.41) is 13.7. The van der Waals surface area contributed by atoms with Crippen LogP contribution in [-0.4, -0.2) is 36.2 Å². The summed E-state index contributed by atoms with van der Waals surface area (Å²) in [6.07, 6.45) is -1.32. The summed E-state index contributed by atoms with van der Waals surface area (Å²) in [4.78, 5) is 16.2. The molecule has 0 aromatic carbocycles. The van der Waals surface area contributed by atoms with Gasteiger partial charge in [-0.15, -0.1) is 10.2 Å². The number of alkyl halides is 6. The Morgan fingerprint density at radius 1 is 0.789 bits per heavy atom. The fraction of sp³-hybridized carbons (Fsp3) is 0.333. The molecular weight excluding hydrogens is 514 g/mol. The van der Waals surface area contributed by atoms with Crippen LogP contribution in [0.5, 0.6) is 0 Å². The van der Waals surface area contributed by atoms with Crippen molar-refractivity contribution in [1.82, 2.24) is 30.1 Å². The molecule has 198 valence electrons. The maximum Gasteiger partial charge on any atom is 0.418 e. The van der Waals surface area contributed by atoms with Gasteiger partial charge in [-0.1, -0.05) is 19.3 Å². The topological polar surface area (TPSA) is 101 Å². The maximum absolute atomic E-state index is 14.0. The second-order valence-corrected chi connectivity index (χ2v) is 8.81. The Labute approximate surface area is 212 Å². The monoisotopic (exact) mass is 534 g/mol. The first kappa shape index (κ1) is 25.5. The van der Waals surface area contributed by atoms with E-state index in [0.29, 0.717) is 11.9 Å². The number of nitrogens with one attached hydrogen (secondary N) is 2. The number of fused-ring (bicyclic) bond motifs is 1. The fourth-order valence-corrected chi connectivity index (χ4v) is 4.23. The molecule has 0 atom stereocenters. The molecule has 0 spiro atoms. The largest absolute Gasteiger partial charge is 0.418 e. The van der Waals surface area contributed by atoms with Crippen LogP contribution in [0, 0.1) is 0 Å². The predicted molar refractivity (Wildman–Crippen MR) is 126 cm³/mol. The van der Waals surface area contributed by atoms with E-state index in [1.54, 1.807) is 0 Å². The maximum atomic E-state index is 14.0. The predicted octanol–water partition coefficient (Wildman–Crippen LogP) is 6.40. The first-order valence-corrected chi connectivity index (χ1v) is 11.7. The van der Waals surface area contributed by atoms with E-state index in [0.717, 1.165) is 56.5 Å². The Hall–Kier alpha value is -4.10. The van der Waals surface area contributed by atoms with Crippen molar-refractivity contribution < 1.29 is 26.3 Å². The van der Waals surface area contributed by atoms with E-state index in [-0.39, 0.29) is 34.5 Å². The van der Waals surface area contributed by atoms with Gasteiger partial charge in [0.1, 0.15) is 28.5 Å². The number of halogens is 6. The van der Waals surface area contributed by atoms with Crippen molar-refractivity contribution in [3.63, 3.8) is 0 Å². The van der Waals surface area contributed by atoms with Gasteiger partial charge < -0.3 is 10.6 Å². The Bertz CT molecular complexity index is 1430. The molecular formula is C24H20F6N8. The summed E-state index contributed by atoms with van der Waals surface area (Å²) in [5.41, 5.74) is -2.12. The van der Waals surface area contributed by atoms with Gasteiger partial charge in [-0.3, -0.25) is 0 Å². The number of anilines is 3. The molecule has 0 saturated heterocycles. The highest BCUT2D eigenvalue weighted by molar-refractivity contribution is 5.87. The summed E-state index contributed by atoms with van der Waals surface area (Å²) in [7, 11) is 0. The number of aromatic nitrogens is 6. The lowest BCUT2D eigenvalue weighted by Gasteiger charge is -2.23. The van der Waals surface area contributed by atoms with Gasteiger partial charge in [0.2, 0.25) is 0 Å². The molecule has 1 aliphatic rings. The van der Waals surface area contributed by atoms with E-state index in [1.807, 2.05) is 0 Å². The van der Waals surface area contributed by atoms with Gasteiger partial charge in [0.05, 0.1) is 23.0 Å². The third-order valence-electron chi connectivity index (χ3n) is 6.10. The van der Waals surface area contributed by atoms with Crippen LogP contribution in [0.25, 0.3) is 22.6 Å². The van der Waals surface area contributed by atoms with E-state index < -0.39 is 29.2 Å². The Morgan fingerprint density at radius 3 is 2.26 bits per heavy atom. The molecule has 4 aromatic heterocycles. The molecule has 38 heavy (non-hydrogen) atoms. The van der Waals surface area contributed by atoms with E-state index >= 15 is 0 Å². The van der Waals surface area contributed by atoms with Crippen LogP contribution >= 0.6 is 0 Å². The van der Waals surface area contributed by atoms with Gasteiger partial charge in [0.15, 0.2) is 5.65 Å². The Balaban J connectivity index is 1.45. The third-order valence-corrected chi connectivity index (χ3v) is 6.10. The standard InChI is InChI=1S/C24H20F6N8/c25-23(26,27)13-6-7-18(32-11-13)35-16-8-9-31-22-21(16)33-12-17(36-22)20-15(24(28,29)30)10-19(37-38-20)34-14-4-2-1-3-5-14/h6-12,14H,1-5H2,(H,34,37)(H,31,32,35,36). The molecule has 4 aromatic rings. The van der Waals surface area contributed by atoms with Gasteiger partial charge in [0.25, 0.3) is 0 Å². The molecule has 0 radical (unpaired) electrons. The zero-order valence-corrected chi connectivity index (χ0v) is 19.6. The van der Waals surface area contributed by atoms with Crippen molar-refractivity contribution in [2.24, 2.45) is 0 Å². The minimum Gasteiger partial charge on any atom is -0.366 e. The fourth-order valence-electron chi connectivity index (χ4n) is 4.23. The molecule has 2 N–H and O–H groups in total. The van der Waals surface area contributed by atoms with E-state index in [9.17, 15) is 26.3 Å². The van der Waals surface area contributed by atoms with Crippen molar-refractivity contribution in [3.05, 3.63) is 54.0 Å². The molecule has 14 heteroatoms. The van der Waals surface area contributed by atoms with E-state index in [1.165, 1.54) is 12.3 Å². The summed E-state index contributed by atoms with van der Waals surface area (Å²) >= 11 is 0. The lowest BCUT2D eigenvalue weighted by atomic mass is 9.95. The second kappa shape index (κ2) is 9.99. The zero-order chi connectivity index (χ0) is 26.9. The average Bonchev–Trinajstić information content (AvgIpc) is 2.88. The van der Waals surface area contributed by atoms with E-state index in [2.05, 4.69) is 40.8 Å². The Morgan fingerprint density at radius 2 is 1.58 bits per heavy atom. The first-order chi connectivity index (χ1) is 18.1. The number of hydrogen-bond acceptors (Lipinski definition) is 8. The third kappa shape index (κ3) is 5.58. The second-order valence-electron chi connectivity index (χ2n) is 8.81. The molecule has 0 bridgehead atoms. The van der Waals surface area contributed by atoms with Crippen LogP contribution in [0.1, 0.15) is 43.2 Å². The van der Waals surface area contributed by atoms with Crippen LogP contribution < -0.4 is 10.6 Å². The quantitative estimate of drug-likeness (QED) is 0.284. The minimum absolute atomic E-state index is 0.00116. The van der Waals surface area contributed by atoms with Crippen LogP contribution in [0.3, 0.4) is 0 Å². The first-order valence-electron chi connectivity index (χ1n) is 11.7. The van der Waals surface area contributed by atoms with Crippen LogP contribution in [0.2, 0.25) is 0 Å². The molecule has 1 aliphatic carbocycles. The normalized spacial score (nSPS) is 15.0. The Kier molecular flexibility index (Phi) is 6.71. The molecule has 4 heterocycles. The van der Waals surface area contributed by atoms with E-state index in [4.69, 9.17) is 0 Å². The summed E-state index contributed by atoms with van der Waals surface area (Å²) in [5.74, 6) is 0.137. The highest BCUT2D eigenvalue weighted by Gasteiger charge is 2.36. The smallest absolute Gasteiger partial charge is 0.366 e. The highest BCUT2D eigenvalue weighted by atomic mass is 19.4. The molecule has 1 saturated carbocycles. The van der Waals surface area contributed by atoms with Crippen LogP contribution in [0.15, 0.2) is 42.9 Å². The molecule has 1 fully saturated rings. The van der Waals surface area contributed by atoms with Crippen molar-refractivity contribution in [2.75, 3.05) is 10.6 Å². The van der Waals surface area contributed by atoms with Gasteiger partial charge in [0, 0.05) is 18.4 Å². The number of nitrogens with zero attached hydrogens (tertiary/aromatic N) is 6. The van der Waals surface area contributed by atoms with Gasteiger partial charge in [-0.2, -0.15) is 26.3 Å². The number of pyridine rings is 2. The van der Waals surface area contributed by atoms with Crippen molar-refractivity contribution >= 4 is 28.5 Å². The zero-order valence-electron chi connectivity index (χ0n) is 19.6. The molecule has 0 unspecified atom stereocenters. The highest BCUT2D eigenvalue weighted by Crippen LogP contribution is 2.37. The van der Waals surface area contributed by atoms with Crippen molar-refractivity contribution in [1.29, 1.82) is 0 Å². The molecule has 0 aliphatic heterocycles. The average molecular weight is 534 g/mol. The van der Waals surface area contributed by atoms with Gasteiger partial charge >= 0.3 is 12.4 Å². The van der Waals surface area contributed by atoms with Crippen LogP contribution in [0.4, 0.5) is 43.7 Å². The lowest BCUT2D eigenvalue weighted by molar-refractivity contribution is -0.138. The lowest BCUT2D eigenvalue weighted by Crippen LogP contribution is -2.23. The van der Waals surface area contributed by atoms with Gasteiger partial charge in [-0.05, 0) is 37.1 Å². The summed E-state index contributed by atoms with van der Waals surface area (Å²) in [6, 6.07) is 4.46. The number of rotatable bonds is 5. The number of hydrogen-bond donors (Lipinski definition) is 2. The molecule has 5 rings (SSSR count). The van der Waals surface area contributed by atoms with Crippen molar-refractivity contribution in [3.8, 4) is 11.4 Å². The van der Waals surface area contributed by atoms with Crippen LogP contribution in [-0.2, 0) is 12.4 Å². The minimum atomic E-state index is -4.73. The SMILES string of the molecule is FC(F)(F)c1ccc(Nc2ccnc3nc(-c4nnc(NC5CCCCC5)cc4C(F)(F)F)cnc23)nc1. The molecule has 8 nitrogen and oxygen atoms in total. The van der Waals surface area contributed by atoms with Crippen molar-refractivity contribution in [2.45, 2.75) is 50.5 Å². The van der Waals surface area contributed by atoms with Gasteiger partial charge in [-0.25, -0.2) is 19.9 Å². The summed E-state index contributed by atoms with van der Waals surface area (Å²) in [6.45, 7) is 0.